The normalized spacial score (nSPS) is 14.7. The van der Waals surface area contributed by atoms with E-state index < -0.39 is 52.9 Å². The van der Waals surface area contributed by atoms with Crippen LogP contribution in [0, 0.1) is 23.4 Å². The molecule has 1 amide bonds. The van der Waals surface area contributed by atoms with Crippen molar-refractivity contribution in [1.82, 2.24) is 5.32 Å². The molecule has 2 N–H and O–H groups in total. The molecule has 2 aromatic rings. The lowest BCUT2D eigenvalue weighted by molar-refractivity contribution is -0.121. The predicted molar refractivity (Wildman–Crippen MR) is 87.0 cm³/mol. The summed E-state index contributed by atoms with van der Waals surface area (Å²) in [6.45, 7) is 0. The minimum Gasteiger partial charge on any atom is -0.478 e. The van der Waals surface area contributed by atoms with Crippen molar-refractivity contribution >= 4 is 11.9 Å². The first kappa shape index (κ1) is 18.0. The second kappa shape index (κ2) is 7.19. The van der Waals surface area contributed by atoms with Crippen molar-refractivity contribution in [3.05, 3.63) is 70.5 Å². The lowest BCUT2D eigenvalue weighted by Gasteiger charge is -2.19. The molecule has 0 heterocycles. The van der Waals surface area contributed by atoms with E-state index in [2.05, 4.69) is 5.32 Å². The minimum absolute atomic E-state index is 0.136. The van der Waals surface area contributed by atoms with Gasteiger partial charge < -0.3 is 10.4 Å². The van der Waals surface area contributed by atoms with Crippen LogP contribution >= 0.6 is 0 Å². The van der Waals surface area contributed by atoms with Crippen LogP contribution in [0.5, 0.6) is 0 Å². The van der Waals surface area contributed by atoms with Gasteiger partial charge in [-0.25, -0.2) is 18.0 Å². The van der Waals surface area contributed by atoms with Crippen LogP contribution in [0.3, 0.4) is 0 Å². The molecule has 0 saturated heterocycles. The molecule has 0 unspecified atom stereocenters. The molecule has 0 bridgehead atoms. The molecular formula is C19H16F3NO3. The number of nitrogens with one attached hydrogen (secondary N) is 1. The molecule has 3 rings (SSSR count). The van der Waals surface area contributed by atoms with Crippen LogP contribution in [0.25, 0.3) is 0 Å². The van der Waals surface area contributed by atoms with Gasteiger partial charge in [-0.15, -0.1) is 0 Å². The van der Waals surface area contributed by atoms with Gasteiger partial charge in [-0.3, -0.25) is 4.79 Å². The fourth-order valence-electron chi connectivity index (χ4n) is 2.99. The molecule has 1 aliphatic carbocycles. The third-order valence-corrected chi connectivity index (χ3v) is 4.37. The highest BCUT2D eigenvalue weighted by Gasteiger charge is 2.34. The van der Waals surface area contributed by atoms with E-state index in [1.165, 1.54) is 18.2 Å². The van der Waals surface area contributed by atoms with Crippen molar-refractivity contribution in [3.63, 3.8) is 0 Å². The largest absolute Gasteiger partial charge is 0.478 e. The number of rotatable bonds is 6. The Labute approximate surface area is 147 Å². The first-order chi connectivity index (χ1) is 12.4. The molecular weight excluding hydrogens is 347 g/mol. The number of amides is 1. The zero-order valence-electron chi connectivity index (χ0n) is 13.6. The molecule has 1 atom stereocenters. The predicted octanol–water partition coefficient (Wildman–Crippen LogP) is 3.61. The number of aromatic carboxylic acids is 1. The lowest BCUT2D eigenvalue weighted by Crippen LogP contribution is -2.32. The Bertz CT molecular complexity index is 865. The van der Waals surface area contributed by atoms with Crippen LogP contribution in [0.1, 0.15) is 40.4 Å². The Morgan fingerprint density at radius 2 is 1.81 bits per heavy atom. The Morgan fingerprint density at radius 1 is 1.12 bits per heavy atom. The molecule has 136 valence electrons. The van der Waals surface area contributed by atoms with E-state index in [1.54, 1.807) is 6.07 Å². The van der Waals surface area contributed by atoms with Gasteiger partial charge in [0.05, 0.1) is 12.5 Å². The van der Waals surface area contributed by atoms with Crippen LogP contribution in [-0.2, 0) is 11.2 Å². The van der Waals surface area contributed by atoms with E-state index in [4.69, 9.17) is 5.11 Å². The highest BCUT2D eigenvalue weighted by molar-refractivity contribution is 5.92. The molecule has 4 nitrogen and oxygen atoms in total. The average molecular weight is 363 g/mol. The standard InChI is InChI=1S/C19H16F3NO3/c20-12-3-1-2-11(8-12)18(10-4-5-10)23-16(24)9-13-14(21)6-7-15(22)17(13)19(25)26/h1-3,6-8,10,18H,4-5,9H2,(H,23,24)(H,25,26)/t18-/m0/s1. The summed E-state index contributed by atoms with van der Waals surface area (Å²) < 4.78 is 41.2. The minimum atomic E-state index is -1.64. The number of carboxylic acids is 1. The molecule has 0 aromatic heterocycles. The summed E-state index contributed by atoms with van der Waals surface area (Å²) in [5.74, 6) is -4.67. The van der Waals surface area contributed by atoms with E-state index >= 15 is 0 Å². The molecule has 1 saturated carbocycles. The highest BCUT2D eigenvalue weighted by Crippen LogP contribution is 2.41. The SMILES string of the molecule is O=C(Cc1c(F)ccc(F)c1C(=O)O)N[C@H](c1cccc(F)c1)C1CC1. The fraction of sp³-hybridized carbons (Fsp3) is 0.263. The van der Waals surface area contributed by atoms with Gasteiger partial charge in [-0.2, -0.15) is 0 Å². The Hall–Kier alpha value is -2.83. The summed E-state index contributed by atoms with van der Waals surface area (Å²) in [7, 11) is 0. The second-order valence-electron chi connectivity index (χ2n) is 6.30. The van der Waals surface area contributed by atoms with Crippen molar-refractivity contribution in [3.8, 4) is 0 Å². The maximum atomic E-state index is 14.0. The van der Waals surface area contributed by atoms with Crippen LogP contribution < -0.4 is 5.32 Å². The fourth-order valence-corrected chi connectivity index (χ4v) is 2.99. The maximum absolute atomic E-state index is 14.0. The third-order valence-electron chi connectivity index (χ3n) is 4.37. The highest BCUT2D eigenvalue weighted by atomic mass is 19.1. The summed E-state index contributed by atoms with van der Waals surface area (Å²) in [6.07, 6.45) is 1.09. The third kappa shape index (κ3) is 3.87. The molecule has 0 spiro atoms. The average Bonchev–Trinajstić information content (AvgIpc) is 3.40. The summed E-state index contributed by atoms with van der Waals surface area (Å²) in [6, 6.07) is 6.85. The van der Waals surface area contributed by atoms with Gasteiger partial charge in [0.2, 0.25) is 5.91 Å². The number of hydrogen-bond acceptors (Lipinski definition) is 2. The molecule has 7 heteroatoms. The summed E-state index contributed by atoms with van der Waals surface area (Å²) in [4.78, 5) is 23.6. The van der Waals surface area contributed by atoms with Crippen LogP contribution in [0.4, 0.5) is 13.2 Å². The molecule has 1 aliphatic rings. The zero-order chi connectivity index (χ0) is 18.8. The van der Waals surface area contributed by atoms with Gasteiger partial charge in [0.15, 0.2) is 0 Å². The smallest absolute Gasteiger partial charge is 0.339 e. The Morgan fingerprint density at radius 3 is 2.42 bits per heavy atom. The summed E-state index contributed by atoms with van der Waals surface area (Å²) in [5.41, 5.74) is -0.781. The van der Waals surface area contributed by atoms with Crippen molar-refractivity contribution < 1.29 is 27.9 Å². The number of carbonyl (C=O) groups excluding carboxylic acids is 1. The molecule has 0 radical (unpaired) electrons. The second-order valence-corrected chi connectivity index (χ2v) is 6.30. The van der Waals surface area contributed by atoms with E-state index in [-0.39, 0.29) is 5.92 Å². The van der Waals surface area contributed by atoms with Crippen molar-refractivity contribution in [2.75, 3.05) is 0 Å². The van der Waals surface area contributed by atoms with E-state index in [0.29, 0.717) is 11.6 Å². The van der Waals surface area contributed by atoms with Gasteiger partial charge >= 0.3 is 5.97 Å². The lowest BCUT2D eigenvalue weighted by atomic mass is 10.00. The topological polar surface area (TPSA) is 66.4 Å². The van der Waals surface area contributed by atoms with Crippen LogP contribution in [0.15, 0.2) is 36.4 Å². The summed E-state index contributed by atoms with van der Waals surface area (Å²) >= 11 is 0. The number of halogens is 3. The van der Waals surface area contributed by atoms with Crippen molar-refractivity contribution in [1.29, 1.82) is 0 Å². The molecule has 1 fully saturated rings. The van der Waals surface area contributed by atoms with Gasteiger partial charge in [0.25, 0.3) is 0 Å². The monoisotopic (exact) mass is 363 g/mol. The first-order valence-electron chi connectivity index (χ1n) is 8.12. The number of carboxylic acid groups (broad SMARTS) is 1. The summed E-state index contributed by atoms with van der Waals surface area (Å²) in [5, 5.41) is 11.8. The van der Waals surface area contributed by atoms with Crippen molar-refractivity contribution in [2.45, 2.75) is 25.3 Å². The van der Waals surface area contributed by atoms with E-state index in [9.17, 15) is 22.8 Å². The zero-order valence-corrected chi connectivity index (χ0v) is 13.6. The van der Waals surface area contributed by atoms with Crippen LogP contribution in [-0.4, -0.2) is 17.0 Å². The number of hydrogen-bond donors (Lipinski definition) is 2. The molecule has 2 aromatic carbocycles. The van der Waals surface area contributed by atoms with Gasteiger partial charge in [-0.1, -0.05) is 12.1 Å². The Balaban J connectivity index is 1.82. The maximum Gasteiger partial charge on any atom is 0.339 e. The number of carbonyl (C=O) groups is 2. The van der Waals surface area contributed by atoms with Crippen LogP contribution in [0.2, 0.25) is 0 Å². The molecule has 0 aliphatic heterocycles. The van der Waals surface area contributed by atoms with E-state index in [0.717, 1.165) is 18.9 Å². The van der Waals surface area contributed by atoms with E-state index in [1.807, 2.05) is 0 Å². The molecule has 26 heavy (non-hydrogen) atoms. The van der Waals surface area contributed by atoms with Crippen molar-refractivity contribution in [2.24, 2.45) is 5.92 Å². The van der Waals surface area contributed by atoms with Gasteiger partial charge in [0, 0.05) is 5.56 Å². The van der Waals surface area contributed by atoms with Gasteiger partial charge in [0.1, 0.15) is 23.0 Å². The first-order valence-corrected chi connectivity index (χ1v) is 8.12. The Kier molecular flexibility index (Phi) is 4.97. The number of benzene rings is 2. The van der Waals surface area contributed by atoms with Gasteiger partial charge in [-0.05, 0) is 48.6 Å². The quantitative estimate of drug-likeness (QED) is 0.824.